The van der Waals surface area contributed by atoms with E-state index in [0.717, 1.165) is 5.92 Å². The van der Waals surface area contributed by atoms with E-state index in [1.54, 1.807) is 26.2 Å². The van der Waals surface area contributed by atoms with Gasteiger partial charge in [-0.2, -0.15) is 0 Å². The molecule has 0 spiro atoms. The van der Waals surface area contributed by atoms with Crippen molar-refractivity contribution in [2.75, 3.05) is 12.9 Å². The third-order valence-electron chi connectivity index (χ3n) is 1.31. The molecule has 0 aromatic rings. The average Bonchev–Trinajstić information content (AvgIpc) is 2.50. The van der Waals surface area contributed by atoms with Crippen LogP contribution in [0.4, 0.5) is 0 Å². The van der Waals surface area contributed by atoms with Gasteiger partial charge in [0.1, 0.15) is 0 Å². The van der Waals surface area contributed by atoms with E-state index in [0.29, 0.717) is 0 Å². The fraction of sp³-hybridized carbons (Fsp3) is 0.652. The standard InChI is InChI=1S/C6H10O2S.C5H12O.C4H10.2C3H6.C2H6/c1-3-5-9(7,8)6-4-2;1-5(2,3)6-4;1-4(2)3;2*1-3-2;1-2/h3-4,6H,1,5H2,2H3;1-4H3;4H,1-3H3;2*3H,1H2,2H3;1-2H3/b6-4+;;;;;. The maximum Gasteiger partial charge on any atom is 0.174 e. The van der Waals surface area contributed by atoms with Crippen LogP contribution < -0.4 is 0 Å². The molecular formula is C23H50O3S. The van der Waals surface area contributed by atoms with E-state index >= 15 is 0 Å². The van der Waals surface area contributed by atoms with Crippen LogP contribution in [0.3, 0.4) is 0 Å². The average molecular weight is 407 g/mol. The fourth-order valence-electron chi connectivity index (χ4n) is 0.427. The Morgan fingerprint density at radius 3 is 1.26 bits per heavy atom. The molecule has 0 radical (unpaired) electrons. The minimum atomic E-state index is -2.98. The van der Waals surface area contributed by atoms with Gasteiger partial charge >= 0.3 is 0 Å². The molecule has 0 fully saturated rings. The van der Waals surface area contributed by atoms with Crippen LogP contribution in [0.15, 0.2) is 49.4 Å². The van der Waals surface area contributed by atoms with Crippen molar-refractivity contribution in [3.8, 4) is 0 Å². The Hall–Kier alpha value is -1.13. The second kappa shape index (κ2) is 32.5. The van der Waals surface area contributed by atoms with Crippen molar-refractivity contribution in [1.82, 2.24) is 0 Å². The van der Waals surface area contributed by atoms with Crippen molar-refractivity contribution >= 4 is 9.84 Å². The molecule has 0 aliphatic heterocycles. The monoisotopic (exact) mass is 406 g/mol. The summed E-state index contributed by atoms with van der Waals surface area (Å²) < 4.78 is 26.3. The van der Waals surface area contributed by atoms with Crippen LogP contribution in [0.5, 0.6) is 0 Å². The Bertz CT molecular complexity index is 389. The number of hydrogen-bond acceptors (Lipinski definition) is 3. The number of hydrogen-bond donors (Lipinski definition) is 0. The van der Waals surface area contributed by atoms with E-state index in [4.69, 9.17) is 4.74 Å². The SMILES string of the molecule is C=CC.C=CC.C=CCS(=O)(=O)/C=C/C.CC.CC(C)C.COC(C)(C)C. The largest absolute Gasteiger partial charge is 0.379 e. The summed E-state index contributed by atoms with van der Waals surface area (Å²) in [6.07, 6.45) is 6.37. The van der Waals surface area contributed by atoms with Gasteiger partial charge in [0.25, 0.3) is 0 Å². The highest BCUT2D eigenvalue weighted by Crippen LogP contribution is 2.02. The van der Waals surface area contributed by atoms with Gasteiger partial charge in [-0.25, -0.2) is 8.42 Å². The predicted octanol–water partition coefficient (Wildman–Crippen LogP) is 7.63. The molecule has 0 heterocycles. The number of methoxy groups -OCH3 is 1. The molecule has 166 valence electrons. The van der Waals surface area contributed by atoms with Gasteiger partial charge in [-0.15, -0.1) is 19.7 Å². The van der Waals surface area contributed by atoms with Crippen molar-refractivity contribution in [3.05, 3.63) is 49.4 Å². The molecule has 3 nitrogen and oxygen atoms in total. The molecule has 0 N–H and O–H groups in total. The van der Waals surface area contributed by atoms with Crippen LogP contribution in [0.1, 0.15) is 76.2 Å². The Morgan fingerprint density at radius 2 is 1.15 bits per heavy atom. The normalized spacial score (nSPS) is 9.22. The van der Waals surface area contributed by atoms with Gasteiger partial charge < -0.3 is 4.74 Å². The van der Waals surface area contributed by atoms with E-state index in [2.05, 4.69) is 40.5 Å². The summed E-state index contributed by atoms with van der Waals surface area (Å²) >= 11 is 0. The minimum absolute atomic E-state index is 0.0251. The van der Waals surface area contributed by atoms with Crippen LogP contribution in [-0.2, 0) is 14.6 Å². The zero-order valence-electron chi connectivity index (χ0n) is 20.4. The zero-order chi connectivity index (χ0) is 23.5. The molecule has 0 unspecified atom stereocenters. The molecule has 4 heteroatoms. The molecular weight excluding hydrogens is 356 g/mol. The van der Waals surface area contributed by atoms with Crippen LogP contribution in [0, 0.1) is 5.92 Å². The third-order valence-corrected chi connectivity index (χ3v) is 2.69. The highest BCUT2D eigenvalue weighted by molar-refractivity contribution is 7.94. The molecule has 0 aliphatic carbocycles. The maximum absolute atomic E-state index is 10.7. The maximum atomic E-state index is 10.7. The first-order valence-corrected chi connectivity index (χ1v) is 11.1. The highest BCUT2D eigenvalue weighted by atomic mass is 32.2. The van der Waals surface area contributed by atoms with Crippen molar-refractivity contribution < 1.29 is 13.2 Å². The molecule has 0 saturated heterocycles. The van der Waals surface area contributed by atoms with E-state index in [-0.39, 0.29) is 11.4 Å². The van der Waals surface area contributed by atoms with E-state index in [9.17, 15) is 8.42 Å². The van der Waals surface area contributed by atoms with Crippen LogP contribution in [0.25, 0.3) is 0 Å². The van der Waals surface area contributed by atoms with Crippen LogP contribution in [-0.4, -0.2) is 26.9 Å². The first kappa shape index (κ1) is 40.5. The van der Waals surface area contributed by atoms with Gasteiger partial charge in [-0.1, -0.05) is 58.9 Å². The fourth-order valence-corrected chi connectivity index (χ4v) is 1.28. The lowest BCUT2D eigenvalue weighted by Crippen LogP contribution is -2.15. The second-order valence-corrected chi connectivity index (χ2v) is 8.38. The molecule has 0 aliphatic rings. The Kier molecular flexibility index (Phi) is 48.8. The lowest BCUT2D eigenvalue weighted by atomic mass is 10.2. The topological polar surface area (TPSA) is 43.4 Å². The predicted molar refractivity (Wildman–Crippen MR) is 129 cm³/mol. The molecule has 0 atom stereocenters. The molecule has 0 bridgehead atoms. The van der Waals surface area contributed by atoms with Crippen molar-refractivity contribution in [3.63, 3.8) is 0 Å². The molecule has 0 aromatic heterocycles. The number of ether oxygens (including phenoxy) is 1. The smallest absolute Gasteiger partial charge is 0.174 e. The van der Waals surface area contributed by atoms with Gasteiger partial charge in [-0.3, -0.25) is 0 Å². The molecule has 27 heavy (non-hydrogen) atoms. The summed E-state index contributed by atoms with van der Waals surface area (Å²) in [5.41, 5.74) is 0.0417. The van der Waals surface area contributed by atoms with Gasteiger partial charge in [0, 0.05) is 12.5 Å². The summed E-state index contributed by atoms with van der Waals surface area (Å²) in [6.45, 7) is 32.0. The minimum Gasteiger partial charge on any atom is -0.379 e. The quantitative estimate of drug-likeness (QED) is 0.452. The number of allylic oxidation sites excluding steroid dienone is 3. The summed E-state index contributed by atoms with van der Waals surface area (Å²) in [7, 11) is -1.27. The summed E-state index contributed by atoms with van der Waals surface area (Å²) in [5, 5.41) is 1.18. The van der Waals surface area contributed by atoms with Crippen molar-refractivity contribution in [2.45, 2.75) is 81.8 Å². The number of rotatable bonds is 3. The van der Waals surface area contributed by atoms with Crippen LogP contribution in [0.2, 0.25) is 0 Å². The Labute approximate surface area is 173 Å². The van der Waals surface area contributed by atoms with Gasteiger partial charge in [-0.05, 0) is 47.5 Å². The lowest BCUT2D eigenvalue weighted by Gasteiger charge is -2.14. The van der Waals surface area contributed by atoms with Gasteiger partial charge in [0.05, 0.1) is 11.4 Å². The van der Waals surface area contributed by atoms with Gasteiger partial charge in [0.2, 0.25) is 0 Å². The summed E-state index contributed by atoms with van der Waals surface area (Å²) in [5.74, 6) is 0.858. The van der Waals surface area contributed by atoms with Crippen molar-refractivity contribution in [1.29, 1.82) is 0 Å². The van der Waals surface area contributed by atoms with E-state index < -0.39 is 9.84 Å². The van der Waals surface area contributed by atoms with E-state index in [1.165, 1.54) is 17.6 Å². The number of sulfone groups is 1. The first-order chi connectivity index (χ1) is 12.2. The Morgan fingerprint density at radius 1 is 0.926 bits per heavy atom. The van der Waals surface area contributed by atoms with Crippen LogP contribution >= 0.6 is 0 Å². The molecule has 0 rings (SSSR count). The summed E-state index contributed by atoms with van der Waals surface area (Å²) in [6, 6.07) is 0. The summed E-state index contributed by atoms with van der Waals surface area (Å²) in [4.78, 5) is 0. The molecule has 0 amide bonds. The van der Waals surface area contributed by atoms with Gasteiger partial charge in [0.15, 0.2) is 9.84 Å². The third kappa shape index (κ3) is 134. The van der Waals surface area contributed by atoms with E-state index in [1.807, 2.05) is 48.5 Å². The lowest BCUT2D eigenvalue weighted by molar-refractivity contribution is 0.0397. The first-order valence-electron chi connectivity index (χ1n) is 9.40. The zero-order valence-corrected chi connectivity index (χ0v) is 21.2. The highest BCUT2D eigenvalue weighted by Gasteiger charge is 2.04. The molecule has 0 saturated carbocycles. The Balaban J connectivity index is -0.0000000535. The van der Waals surface area contributed by atoms with Crippen molar-refractivity contribution in [2.24, 2.45) is 5.92 Å². The second-order valence-electron chi connectivity index (χ2n) is 6.45. The molecule has 0 aromatic carbocycles.